The maximum atomic E-state index is 10.6. The summed E-state index contributed by atoms with van der Waals surface area (Å²) in [6.45, 7) is 5.94. The van der Waals surface area contributed by atoms with Crippen LogP contribution in [0.25, 0.3) is 11.1 Å². The predicted octanol–water partition coefficient (Wildman–Crippen LogP) is -0.911. The molecule has 0 aliphatic carbocycles. The minimum atomic E-state index is -0.523. The van der Waals surface area contributed by atoms with Gasteiger partial charge in [0.05, 0.1) is 0 Å². The fourth-order valence-electron chi connectivity index (χ4n) is 1.02. The number of oxazole rings is 1. The van der Waals surface area contributed by atoms with Gasteiger partial charge in [0.1, 0.15) is 5.58 Å². The van der Waals surface area contributed by atoms with E-state index in [1.165, 1.54) is 0 Å². The summed E-state index contributed by atoms with van der Waals surface area (Å²) >= 11 is 0. The maximum absolute atomic E-state index is 10.6. The molecular formula is C10H12NO2Rb. The number of nitrogens with zero attached hydrogens (tertiary/aromatic N) is 1. The van der Waals surface area contributed by atoms with Gasteiger partial charge in [0.2, 0.25) is 5.76 Å². The molecule has 0 unspecified atom stereocenters. The Morgan fingerprint density at radius 1 is 1.29 bits per heavy atom. The van der Waals surface area contributed by atoms with Gasteiger partial charge < -0.3 is 9.40 Å². The first-order valence-electron chi connectivity index (χ1n) is 4.30. The van der Waals surface area contributed by atoms with Crippen molar-refractivity contribution in [3.05, 3.63) is 34.3 Å². The third kappa shape index (κ3) is 3.46. The van der Waals surface area contributed by atoms with Crippen LogP contribution >= 0.6 is 0 Å². The van der Waals surface area contributed by atoms with Crippen LogP contribution in [0.15, 0.2) is 27.4 Å². The molecule has 1 aromatic carbocycles. The van der Waals surface area contributed by atoms with Crippen LogP contribution in [0.2, 0.25) is 0 Å². The Morgan fingerprint density at radius 3 is 2.57 bits per heavy atom. The molecule has 0 aliphatic heterocycles. The molecule has 14 heavy (non-hydrogen) atoms. The van der Waals surface area contributed by atoms with E-state index in [2.05, 4.69) is 4.98 Å². The maximum Gasteiger partial charge on any atom is 1.00 e. The summed E-state index contributed by atoms with van der Waals surface area (Å²) in [6.07, 6.45) is 0. The van der Waals surface area contributed by atoms with Crippen LogP contribution in [0.1, 0.15) is 19.4 Å². The summed E-state index contributed by atoms with van der Waals surface area (Å²) in [5, 5.41) is 0. The zero-order valence-corrected chi connectivity index (χ0v) is 13.9. The van der Waals surface area contributed by atoms with E-state index < -0.39 is 5.76 Å². The average molecular weight is 264 g/mol. The molecule has 1 heterocycles. The van der Waals surface area contributed by atoms with E-state index in [1.807, 2.05) is 32.9 Å². The summed E-state index contributed by atoms with van der Waals surface area (Å²) in [6, 6.07) is 5.45. The Labute approximate surface area is 132 Å². The van der Waals surface area contributed by atoms with Crippen molar-refractivity contribution in [2.45, 2.75) is 20.8 Å². The molecule has 2 aromatic rings. The van der Waals surface area contributed by atoms with Gasteiger partial charge in [-0.3, -0.25) is 4.79 Å². The van der Waals surface area contributed by atoms with Crippen molar-refractivity contribution in [2.24, 2.45) is 0 Å². The number of hydrogen-bond acceptors (Lipinski definition) is 2. The van der Waals surface area contributed by atoms with Gasteiger partial charge in [-0.2, -0.15) is 0 Å². The quantitative estimate of drug-likeness (QED) is 0.618. The number of benzene rings is 1. The van der Waals surface area contributed by atoms with Crippen LogP contribution in [0.3, 0.4) is 0 Å². The van der Waals surface area contributed by atoms with Crippen molar-refractivity contribution in [3.8, 4) is 0 Å². The minimum Gasteiger partial charge on any atom is -0.587 e. The van der Waals surface area contributed by atoms with E-state index in [9.17, 15) is 4.79 Å². The second-order valence-corrected chi connectivity index (χ2v) is 2.45. The van der Waals surface area contributed by atoms with E-state index in [-0.39, 0.29) is 58.2 Å². The van der Waals surface area contributed by atoms with Crippen molar-refractivity contribution in [3.63, 3.8) is 0 Å². The van der Waals surface area contributed by atoms with Gasteiger partial charge in [-0.1, -0.05) is 37.1 Å². The smallest absolute Gasteiger partial charge is 0.587 e. The van der Waals surface area contributed by atoms with Crippen molar-refractivity contribution < 1.29 is 62.6 Å². The van der Waals surface area contributed by atoms with Crippen LogP contribution in [0, 0.1) is 6.92 Å². The topological polar surface area (TPSA) is 44.3 Å². The summed E-state index contributed by atoms with van der Waals surface area (Å²) in [5.74, 6) is -0.523. The fourth-order valence-corrected chi connectivity index (χ4v) is 1.02. The molecule has 0 atom stereocenters. The van der Waals surface area contributed by atoms with E-state index in [0.717, 1.165) is 5.56 Å². The molecule has 0 spiro atoms. The third-order valence-electron chi connectivity index (χ3n) is 1.52. The molecule has 1 aromatic heterocycles. The molecule has 0 fully saturated rings. The molecule has 0 bridgehead atoms. The van der Waals surface area contributed by atoms with E-state index in [0.29, 0.717) is 11.1 Å². The summed E-state index contributed by atoms with van der Waals surface area (Å²) in [7, 11) is 0. The zero-order chi connectivity index (χ0) is 9.84. The first kappa shape index (κ1) is 14.3. The van der Waals surface area contributed by atoms with Gasteiger partial charge in [0.15, 0.2) is 0 Å². The normalized spacial score (nSPS) is 8.79. The molecule has 0 N–H and O–H groups in total. The van der Waals surface area contributed by atoms with Gasteiger partial charge in [0, 0.05) is 0 Å². The van der Waals surface area contributed by atoms with E-state index in [4.69, 9.17) is 4.42 Å². The number of aryl methyl sites for hydroxylation is 1. The van der Waals surface area contributed by atoms with Crippen LogP contribution in [-0.2, 0) is 0 Å². The van der Waals surface area contributed by atoms with Crippen molar-refractivity contribution >= 4 is 11.1 Å². The Hall–Kier alpha value is 0.295. The SMILES string of the molecule is CC.Cc1ccc2oc(=O)[n-]c2c1.[Rb+]. The first-order valence-corrected chi connectivity index (χ1v) is 4.30. The monoisotopic (exact) mass is 263 g/mol. The van der Waals surface area contributed by atoms with Crippen LogP contribution in [0.5, 0.6) is 0 Å². The Kier molecular flexibility index (Phi) is 6.86. The summed E-state index contributed by atoms with van der Waals surface area (Å²) in [4.78, 5) is 14.3. The molecule has 70 valence electrons. The minimum absolute atomic E-state index is 0. The fraction of sp³-hybridized carbons (Fsp3) is 0.300. The summed E-state index contributed by atoms with van der Waals surface area (Å²) in [5.41, 5.74) is 2.27. The molecule has 0 radical (unpaired) electrons. The number of hydrogen-bond donors (Lipinski definition) is 0. The van der Waals surface area contributed by atoms with Gasteiger partial charge in [0.25, 0.3) is 0 Å². The van der Waals surface area contributed by atoms with Gasteiger partial charge in [-0.05, 0) is 13.0 Å². The van der Waals surface area contributed by atoms with Crippen molar-refractivity contribution in [1.29, 1.82) is 0 Å². The zero-order valence-electron chi connectivity index (χ0n) is 9.00. The predicted molar refractivity (Wildman–Crippen MR) is 51.9 cm³/mol. The number of rotatable bonds is 0. The second kappa shape index (κ2) is 6.72. The third-order valence-corrected chi connectivity index (χ3v) is 1.52. The van der Waals surface area contributed by atoms with Crippen molar-refractivity contribution in [2.75, 3.05) is 0 Å². The summed E-state index contributed by atoms with van der Waals surface area (Å²) < 4.78 is 4.76. The van der Waals surface area contributed by atoms with Gasteiger partial charge >= 0.3 is 58.2 Å². The largest absolute Gasteiger partial charge is 1.00 e. The van der Waals surface area contributed by atoms with Crippen LogP contribution < -0.4 is 68.9 Å². The Balaban J connectivity index is 0.000000531. The second-order valence-electron chi connectivity index (χ2n) is 2.45. The standard InChI is InChI=1S/C8H7NO2.C2H6.Rb/c1-5-2-3-7-6(4-5)9-8(10)11-7;1-2;/h2-4H,1H3,(H,9,10);1-2H3;/q;;+1/p-1. The molecular weight excluding hydrogens is 252 g/mol. The Morgan fingerprint density at radius 2 is 1.93 bits per heavy atom. The molecule has 3 nitrogen and oxygen atoms in total. The first-order chi connectivity index (χ1) is 6.25. The average Bonchev–Trinajstić information content (AvgIpc) is 2.48. The van der Waals surface area contributed by atoms with Crippen molar-refractivity contribution in [1.82, 2.24) is 4.98 Å². The number of aromatic nitrogens is 1. The van der Waals surface area contributed by atoms with Gasteiger partial charge in [-0.25, -0.2) is 0 Å². The molecule has 0 aliphatic rings. The molecule has 0 amide bonds. The Bertz CT molecular complexity index is 445. The van der Waals surface area contributed by atoms with E-state index in [1.54, 1.807) is 6.07 Å². The molecule has 0 saturated carbocycles. The van der Waals surface area contributed by atoms with E-state index >= 15 is 0 Å². The van der Waals surface area contributed by atoms with Gasteiger partial charge in [-0.15, -0.1) is 0 Å². The van der Waals surface area contributed by atoms with Crippen LogP contribution in [-0.4, -0.2) is 0 Å². The molecule has 4 heteroatoms. The van der Waals surface area contributed by atoms with Crippen LogP contribution in [0.4, 0.5) is 0 Å². The number of fused-ring (bicyclic) bond motifs is 1. The molecule has 0 saturated heterocycles. The molecule has 2 rings (SSSR count).